The SMILES string of the molecule is O=C(O)CC[C@H](CCO)CC[C@H](Sc1ccc(Cl)cc1)c1cc(F)ccc1F. The lowest BCUT2D eigenvalue weighted by atomic mass is 9.92. The highest BCUT2D eigenvalue weighted by Crippen LogP contribution is 2.41. The van der Waals surface area contributed by atoms with Crippen LogP contribution in [0.25, 0.3) is 0 Å². The molecule has 0 saturated heterocycles. The highest BCUT2D eigenvalue weighted by atomic mass is 35.5. The van der Waals surface area contributed by atoms with Crippen LogP contribution in [0.5, 0.6) is 0 Å². The molecule has 2 rings (SSSR count). The summed E-state index contributed by atoms with van der Waals surface area (Å²) in [6.45, 7) is -0.0341. The number of carboxylic acids is 1. The van der Waals surface area contributed by atoms with Gasteiger partial charge in [-0.2, -0.15) is 0 Å². The third-order valence-electron chi connectivity index (χ3n) is 4.54. The topological polar surface area (TPSA) is 57.5 Å². The monoisotopic (exact) mass is 428 g/mol. The van der Waals surface area contributed by atoms with Crippen molar-refractivity contribution in [1.29, 1.82) is 0 Å². The van der Waals surface area contributed by atoms with E-state index in [-0.39, 0.29) is 29.8 Å². The van der Waals surface area contributed by atoms with E-state index in [0.717, 1.165) is 17.0 Å². The molecule has 0 bridgehead atoms. The summed E-state index contributed by atoms with van der Waals surface area (Å²) in [5, 5.41) is 18.4. The molecule has 0 unspecified atom stereocenters. The Morgan fingerprint density at radius 3 is 2.39 bits per heavy atom. The number of hydrogen-bond acceptors (Lipinski definition) is 3. The molecule has 0 aromatic heterocycles. The number of rotatable bonds is 11. The molecular weight excluding hydrogens is 406 g/mol. The van der Waals surface area contributed by atoms with Crippen LogP contribution in [-0.2, 0) is 4.79 Å². The fourth-order valence-corrected chi connectivity index (χ4v) is 4.36. The molecule has 0 radical (unpaired) electrons. The quantitative estimate of drug-likeness (QED) is 0.425. The van der Waals surface area contributed by atoms with Gasteiger partial charge in [0, 0.05) is 33.8 Å². The highest BCUT2D eigenvalue weighted by Gasteiger charge is 2.21. The van der Waals surface area contributed by atoms with E-state index in [1.165, 1.54) is 17.8 Å². The lowest BCUT2D eigenvalue weighted by molar-refractivity contribution is -0.137. The third kappa shape index (κ3) is 7.41. The standard InChI is InChI=1S/C21H23ClF2O3S/c22-15-3-6-17(7-4-15)28-20(18-13-16(23)5-8-19(18)24)9-1-14(11-12-25)2-10-21(26)27/h3-8,13-14,20,25H,1-2,9-12H2,(H,26,27)/t14-,20+/m1/s1. The average Bonchev–Trinajstić information content (AvgIpc) is 2.66. The third-order valence-corrected chi connectivity index (χ3v) is 6.11. The molecule has 2 aromatic carbocycles. The molecule has 28 heavy (non-hydrogen) atoms. The van der Waals surface area contributed by atoms with Crippen molar-refractivity contribution in [3.8, 4) is 0 Å². The Morgan fingerprint density at radius 2 is 1.75 bits per heavy atom. The van der Waals surface area contributed by atoms with Gasteiger partial charge in [0.05, 0.1) is 0 Å². The number of benzene rings is 2. The van der Waals surface area contributed by atoms with Crippen molar-refractivity contribution in [3.63, 3.8) is 0 Å². The highest BCUT2D eigenvalue weighted by molar-refractivity contribution is 7.99. The summed E-state index contributed by atoms with van der Waals surface area (Å²) < 4.78 is 28.1. The van der Waals surface area contributed by atoms with Crippen LogP contribution in [0.1, 0.15) is 42.9 Å². The van der Waals surface area contributed by atoms with Gasteiger partial charge in [-0.05, 0) is 74.1 Å². The van der Waals surface area contributed by atoms with Gasteiger partial charge in [0.25, 0.3) is 0 Å². The van der Waals surface area contributed by atoms with Crippen LogP contribution in [0.2, 0.25) is 5.02 Å². The smallest absolute Gasteiger partial charge is 0.303 e. The van der Waals surface area contributed by atoms with Gasteiger partial charge in [-0.3, -0.25) is 4.79 Å². The van der Waals surface area contributed by atoms with E-state index in [4.69, 9.17) is 16.7 Å². The van der Waals surface area contributed by atoms with E-state index < -0.39 is 17.6 Å². The normalized spacial score (nSPS) is 13.3. The average molecular weight is 429 g/mol. The number of halogens is 3. The fourth-order valence-electron chi connectivity index (χ4n) is 3.05. The predicted molar refractivity (Wildman–Crippen MR) is 108 cm³/mol. The molecule has 0 fully saturated rings. The van der Waals surface area contributed by atoms with E-state index in [1.807, 2.05) is 12.1 Å². The van der Waals surface area contributed by atoms with Crippen molar-refractivity contribution in [2.45, 2.75) is 42.2 Å². The minimum absolute atomic E-state index is 0.00559. The van der Waals surface area contributed by atoms with Crippen LogP contribution in [-0.4, -0.2) is 22.8 Å². The Bertz CT molecular complexity index is 771. The summed E-state index contributed by atoms with van der Waals surface area (Å²) >= 11 is 7.33. The van der Waals surface area contributed by atoms with Gasteiger partial charge in [0.2, 0.25) is 0 Å². The first-order valence-corrected chi connectivity index (χ1v) is 10.3. The number of aliphatic hydroxyl groups excluding tert-OH is 1. The second-order valence-corrected chi connectivity index (χ2v) is 8.33. The molecule has 2 N–H and O–H groups in total. The van der Waals surface area contributed by atoms with Gasteiger partial charge in [-0.15, -0.1) is 11.8 Å². The molecule has 0 spiro atoms. The zero-order valence-corrected chi connectivity index (χ0v) is 16.9. The molecule has 2 atom stereocenters. The van der Waals surface area contributed by atoms with Crippen LogP contribution in [0, 0.1) is 17.6 Å². The summed E-state index contributed by atoms with van der Waals surface area (Å²) in [6.07, 6.45) is 2.08. The molecule has 0 aliphatic carbocycles. The largest absolute Gasteiger partial charge is 0.481 e. The molecule has 0 aliphatic heterocycles. The summed E-state index contributed by atoms with van der Waals surface area (Å²) in [6, 6.07) is 10.6. The van der Waals surface area contributed by atoms with Crippen molar-refractivity contribution in [3.05, 3.63) is 64.7 Å². The maximum absolute atomic E-state index is 14.4. The molecule has 0 saturated carbocycles. The zero-order chi connectivity index (χ0) is 20.5. The maximum Gasteiger partial charge on any atom is 0.303 e. The molecule has 0 aliphatic rings. The van der Waals surface area contributed by atoms with Gasteiger partial charge in [0.15, 0.2) is 0 Å². The number of hydrogen-bond donors (Lipinski definition) is 2. The maximum atomic E-state index is 14.4. The van der Waals surface area contributed by atoms with Crippen LogP contribution in [0.3, 0.4) is 0 Å². The number of carbonyl (C=O) groups is 1. The summed E-state index contributed by atoms with van der Waals surface area (Å²) in [7, 11) is 0. The summed E-state index contributed by atoms with van der Waals surface area (Å²) in [5.74, 6) is -1.86. The molecule has 0 amide bonds. The lowest BCUT2D eigenvalue weighted by Crippen LogP contribution is -2.09. The number of aliphatic hydroxyl groups is 1. The lowest BCUT2D eigenvalue weighted by Gasteiger charge is -2.21. The van der Waals surface area contributed by atoms with E-state index in [0.29, 0.717) is 30.7 Å². The first-order chi connectivity index (χ1) is 13.4. The Morgan fingerprint density at radius 1 is 1.04 bits per heavy atom. The molecule has 7 heteroatoms. The van der Waals surface area contributed by atoms with Crippen molar-refractivity contribution in [2.24, 2.45) is 5.92 Å². The Labute approximate surface area is 172 Å². The minimum Gasteiger partial charge on any atom is -0.481 e. The van der Waals surface area contributed by atoms with E-state index in [1.54, 1.807) is 12.1 Å². The van der Waals surface area contributed by atoms with Crippen molar-refractivity contribution in [2.75, 3.05) is 6.61 Å². The first-order valence-electron chi connectivity index (χ1n) is 9.09. The molecule has 0 heterocycles. The fraction of sp³-hybridized carbons (Fsp3) is 0.381. The van der Waals surface area contributed by atoms with Gasteiger partial charge in [-0.1, -0.05) is 11.6 Å². The van der Waals surface area contributed by atoms with Gasteiger partial charge in [-0.25, -0.2) is 8.78 Å². The summed E-state index contributed by atoms with van der Waals surface area (Å²) in [4.78, 5) is 11.7. The van der Waals surface area contributed by atoms with Gasteiger partial charge >= 0.3 is 5.97 Å². The number of thioether (sulfide) groups is 1. The number of carboxylic acid groups (broad SMARTS) is 1. The van der Waals surface area contributed by atoms with Crippen LogP contribution >= 0.6 is 23.4 Å². The van der Waals surface area contributed by atoms with Crippen LogP contribution in [0.15, 0.2) is 47.4 Å². The Kier molecular flexibility index (Phi) is 9.22. The van der Waals surface area contributed by atoms with E-state index in [2.05, 4.69) is 0 Å². The van der Waals surface area contributed by atoms with Crippen LogP contribution < -0.4 is 0 Å². The van der Waals surface area contributed by atoms with Crippen molar-refractivity contribution in [1.82, 2.24) is 0 Å². The van der Waals surface area contributed by atoms with Gasteiger partial charge in [0.1, 0.15) is 11.6 Å². The molecule has 2 aromatic rings. The van der Waals surface area contributed by atoms with E-state index >= 15 is 0 Å². The second-order valence-electron chi connectivity index (χ2n) is 6.61. The number of aliphatic carboxylic acids is 1. The second kappa shape index (κ2) is 11.4. The minimum atomic E-state index is -0.883. The zero-order valence-electron chi connectivity index (χ0n) is 15.3. The van der Waals surface area contributed by atoms with Crippen molar-refractivity contribution < 1.29 is 23.8 Å². The first kappa shape index (κ1) is 22.7. The van der Waals surface area contributed by atoms with E-state index in [9.17, 15) is 18.7 Å². The van der Waals surface area contributed by atoms with Gasteiger partial charge < -0.3 is 10.2 Å². The summed E-state index contributed by atoms with van der Waals surface area (Å²) in [5.41, 5.74) is 0.279. The molecule has 3 nitrogen and oxygen atoms in total. The Hall–Kier alpha value is -1.63. The molecule has 152 valence electrons. The Balaban J connectivity index is 2.18. The van der Waals surface area contributed by atoms with Crippen molar-refractivity contribution >= 4 is 29.3 Å². The molecular formula is C21H23ClF2O3S. The predicted octanol–water partition coefficient (Wildman–Crippen LogP) is 6.10. The van der Waals surface area contributed by atoms with Crippen LogP contribution in [0.4, 0.5) is 8.78 Å².